The molecular weight excluding hydrogens is 336 g/mol. The van der Waals surface area contributed by atoms with E-state index in [-0.39, 0.29) is 5.91 Å². The largest absolute Gasteiger partial charge is 0.481 e. The second-order valence-corrected chi connectivity index (χ2v) is 7.19. The molecule has 1 amide bonds. The minimum Gasteiger partial charge on any atom is -0.481 e. The van der Waals surface area contributed by atoms with Crippen LogP contribution in [-0.2, 0) is 24.3 Å². The van der Waals surface area contributed by atoms with Gasteiger partial charge in [-0.05, 0) is 62.0 Å². The van der Waals surface area contributed by atoms with E-state index in [9.17, 15) is 4.79 Å². The molecule has 27 heavy (non-hydrogen) atoms. The van der Waals surface area contributed by atoms with Gasteiger partial charge in [0.05, 0.1) is 0 Å². The summed E-state index contributed by atoms with van der Waals surface area (Å²) in [5.74, 6) is 0.703. The van der Waals surface area contributed by atoms with Crippen molar-refractivity contribution in [3.8, 4) is 5.75 Å². The summed E-state index contributed by atoms with van der Waals surface area (Å²) in [7, 11) is 0. The molecule has 1 fully saturated rings. The van der Waals surface area contributed by atoms with Crippen LogP contribution >= 0.6 is 0 Å². The SMILES string of the molecule is CCc1ccccc1OC(C)C(=O)NCc1ccccc1CN1CCCC1. The lowest BCUT2D eigenvalue weighted by Gasteiger charge is -2.19. The van der Waals surface area contributed by atoms with Gasteiger partial charge in [-0.2, -0.15) is 0 Å². The van der Waals surface area contributed by atoms with Gasteiger partial charge in [-0.25, -0.2) is 0 Å². The number of hydrogen-bond acceptors (Lipinski definition) is 3. The normalized spacial score (nSPS) is 15.5. The zero-order valence-electron chi connectivity index (χ0n) is 16.4. The molecule has 1 aliphatic heterocycles. The van der Waals surface area contributed by atoms with E-state index in [4.69, 9.17) is 4.74 Å². The summed E-state index contributed by atoms with van der Waals surface area (Å²) < 4.78 is 5.90. The van der Waals surface area contributed by atoms with Crippen molar-refractivity contribution in [1.29, 1.82) is 0 Å². The predicted octanol–water partition coefficient (Wildman–Crippen LogP) is 3.93. The topological polar surface area (TPSA) is 41.6 Å². The van der Waals surface area contributed by atoms with E-state index in [1.165, 1.54) is 37.1 Å². The van der Waals surface area contributed by atoms with E-state index in [1.54, 1.807) is 6.92 Å². The van der Waals surface area contributed by atoms with Gasteiger partial charge >= 0.3 is 0 Å². The first-order chi connectivity index (χ1) is 13.2. The summed E-state index contributed by atoms with van der Waals surface area (Å²) >= 11 is 0. The van der Waals surface area contributed by atoms with Crippen molar-refractivity contribution < 1.29 is 9.53 Å². The molecule has 4 nitrogen and oxygen atoms in total. The number of likely N-dealkylation sites (tertiary alicyclic amines) is 1. The van der Waals surface area contributed by atoms with Crippen molar-refractivity contribution in [1.82, 2.24) is 10.2 Å². The van der Waals surface area contributed by atoms with Crippen LogP contribution in [0.15, 0.2) is 48.5 Å². The Bertz CT molecular complexity index is 754. The van der Waals surface area contributed by atoms with Crippen LogP contribution in [0.4, 0.5) is 0 Å². The van der Waals surface area contributed by atoms with Gasteiger partial charge in [0.1, 0.15) is 5.75 Å². The molecule has 0 aliphatic carbocycles. The fourth-order valence-corrected chi connectivity index (χ4v) is 3.55. The molecule has 144 valence electrons. The van der Waals surface area contributed by atoms with E-state index in [2.05, 4.69) is 35.3 Å². The summed E-state index contributed by atoms with van der Waals surface area (Å²) in [6.45, 7) is 7.72. The molecule has 1 unspecified atom stereocenters. The highest BCUT2D eigenvalue weighted by Gasteiger charge is 2.17. The molecule has 0 radical (unpaired) electrons. The fraction of sp³-hybridized carbons (Fsp3) is 0.435. The minimum absolute atomic E-state index is 0.0862. The van der Waals surface area contributed by atoms with Gasteiger partial charge in [0.25, 0.3) is 5.91 Å². The Kier molecular flexibility index (Phi) is 6.88. The molecule has 3 rings (SSSR count). The number of rotatable bonds is 8. The minimum atomic E-state index is -0.525. The van der Waals surface area contributed by atoms with Crippen molar-refractivity contribution in [3.05, 3.63) is 65.2 Å². The smallest absolute Gasteiger partial charge is 0.261 e. The molecule has 1 aliphatic rings. The third-order valence-electron chi connectivity index (χ3n) is 5.19. The quantitative estimate of drug-likeness (QED) is 0.770. The third kappa shape index (κ3) is 5.33. The maximum atomic E-state index is 12.5. The van der Waals surface area contributed by atoms with Crippen LogP contribution in [-0.4, -0.2) is 30.0 Å². The Labute approximate surface area is 162 Å². The highest BCUT2D eigenvalue weighted by Crippen LogP contribution is 2.20. The number of carbonyl (C=O) groups is 1. The van der Waals surface area contributed by atoms with Crippen LogP contribution < -0.4 is 10.1 Å². The zero-order valence-corrected chi connectivity index (χ0v) is 16.4. The number of amides is 1. The standard InChI is InChI=1S/C23H30N2O2/c1-3-19-10-6-7-13-22(19)27-18(2)23(26)24-16-20-11-4-5-12-21(20)17-25-14-8-9-15-25/h4-7,10-13,18H,3,8-9,14-17H2,1-2H3,(H,24,26). The summed E-state index contributed by atoms with van der Waals surface area (Å²) in [5.41, 5.74) is 3.59. The van der Waals surface area contributed by atoms with Gasteiger partial charge in [-0.1, -0.05) is 49.4 Å². The number of nitrogens with one attached hydrogen (secondary N) is 1. The van der Waals surface area contributed by atoms with Crippen LogP contribution in [0.3, 0.4) is 0 Å². The number of nitrogens with zero attached hydrogens (tertiary/aromatic N) is 1. The summed E-state index contributed by atoms with van der Waals surface area (Å²) in [6.07, 6.45) is 2.93. The molecule has 2 aromatic rings. The molecule has 2 aromatic carbocycles. The second-order valence-electron chi connectivity index (χ2n) is 7.19. The molecule has 1 N–H and O–H groups in total. The number of benzene rings is 2. The maximum absolute atomic E-state index is 12.5. The Morgan fingerprint density at radius 2 is 1.67 bits per heavy atom. The van der Waals surface area contributed by atoms with E-state index in [0.29, 0.717) is 6.54 Å². The first-order valence-corrected chi connectivity index (χ1v) is 9.98. The molecule has 1 atom stereocenters. The zero-order chi connectivity index (χ0) is 19.1. The van der Waals surface area contributed by atoms with Crippen LogP contribution in [0.25, 0.3) is 0 Å². The van der Waals surface area contributed by atoms with Crippen molar-refractivity contribution in [2.75, 3.05) is 13.1 Å². The number of hydrogen-bond donors (Lipinski definition) is 1. The molecule has 1 saturated heterocycles. The lowest BCUT2D eigenvalue weighted by Crippen LogP contribution is -2.36. The van der Waals surface area contributed by atoms with Gasteiger partial charge in [0.2, 0.25) is 0 Å². The molecule has 0 aromatic heterocycles. The van der Waals surface area contributed by atoms with Gasteiger partial charge in [-0.3, -0.25) is 9.69 Å². The lowest BCUT2D eigenvalue weighted by atomic mass is 10.1. The molecule has 0 spiro atoms. The van der Waals surface area contributed by atoms with E-state index in [1.807, 2.05) is 30.3 Å². The number of ether oxygens (including phenoxy) is 1. The highest BCUT2D eigenvalue weighted by atomic mass is 16.5. The van der Waals surface area contributed by atoms with Crippen LogP contribution in [0.5, 0.6) is 5.75 Å². The van der Waals surface area contributed by atoms with Gasteiger partial charge in [0, 0.05) is 13.1 Å². The Morgan fingerprint density at radius 1 is 1.04 bits per heavy atom. The Morgan fingerprint density at radius 3 is 2.37 bits per heavy atom. The van der Waals surface area contributed by atoms with Crippen LogP contribution in [0.2, 0.25) is 0 Å². The van der Waals surface area contributed by atoms with Crippen molar-refractivity contribution in [3.63, 3.8) is 0 Å². The number of para-hydroxylation sites is 1. The summed E-state index contributed by atoms with van der Waals surface area (Å²) in [5, 5.41) is 3.04. The first-order valence-electron chi connectivity index (χ1n) is 9.98. The molecule has 0 saturated carbocycles. The monoisotopic (exact) mass is 366 g/mol. The van der Waals surface area contributed by atoms with E-state index < -0.39 is 6.10 Å². The first kappa shape index (κ1) is 19.4. The Hall–Kier alpha value is -2.33. The summed E-state index contributed by atoms with van der Waals surface area (Å²) in [4.78, 5) is 15.0. The van der Waals surface area contributed by atoms with Gasteiger partial charge < -0.3 is 10.1 Å². The van der Waals surface area contributed by atoms with E-state index in [0.717, 1.165) is 24.3 Å². The average Bonchev–Trinajstić information content (AvgIpc) is 3.20. The van der Waals surface area contributed by atoms with Crippen molar-refractivity contribution in [2.45, 2.75) is 52.3 Å². The van der Waals surface area contributed by atoms with Crippen LogP contribution in [0, 0.1) is 0 Å². The lowest BCUT2D eigenvalue weighted by molar-refractivity contribution is -0.127. The number of aryl methyl sites for hydroxylation is 1. The maximum Gasteiger partial charge on any atom is 0.261 e. The highest BCUT2D eigenvalue weighted by molar-refractivity contribution is 5.80. The van der Waals surface area contributed by atoms with Crippen molar-refractivity contribution >= 4 is 5.91 Å². The summed E-state index contributed by atoms with van der Waals surface area (Å²) in [6, 6.07) is 16.3. The Balaban J connectivity index is 1.57. The van der Waals surface area contributed by atoms with E-state index >= 15 is 0 Å². The number of carbonyl (C=O) groups excluding carboxylic acids is 1. The van der Waals surface area contributed by atoms with Crippen molar-refractivity contribution in [2.24, 2.45) is 0 Å². The van der Waals surface area contributed by atoms with Gasteiger partial charge in [0.15, 0.2) is 6.10 Å². The molecular formula is C23H30N2O2. The average molecular weight is 367 g/mol. The third-order valence-corrected chi connectivity index (χ3v) is 5.19. The molecule has 1 heterocycles. The predicted molar refractivity (Wildman–Crippen MR) is 109 cm³/mol. The molecule has 4 heteroatoms. The molecule has 0 bridgehead atoms. The van der Waals surface area contributed by atoms with Crippen LogP contribution in [0.1, 0.15) is 43.4 Å². The second kappa shape index (κ2) is 9.56. The van der Waals surface area contributed by atoms with Gasteiger partial charge in [-0.15, -0.1) is 0 Å². The fourth-order valence-electron chi connectivity index (χ4n) is 3.55.